The molecule has 220 valence electrons. The highest BCUT2D eigenvalue weighted by Gasteiger charge is 2.45. The van der Waals surface area contributed by atoms with Crippen LogP contribution in [0.4, 0.5) is 14.9 Å². The fourth-order valence-corrected chi connectivity index (χ4v) is 5.74. The second-order valence-electron chi connectivity index (χ2n) is 11.5. The summed E-state index contributed by atoms with van der Waals surface area (Å²) in [4.78, 5) is 57.2. The molecule has 3 aromatic rings. The van der Waals surface area contributed by atoms with Crippen molar-refractivity contribution in [2.45, 2.75) is 65.4 Å². The van der Waals surface area contributed by atoms with E-state index in [1.807, 2.05) is 0 Å². The molecule has 0 radical (unpaired) electrons. The lowest BCUT2D eigenvalue weighted by atomic mass is 9.86. The van der Waals surface area contributed by atoms with E-state index in [0.717, 1.165) is 0 Å². The maximum Gasteiger partial charge on any atom is 0.408 e. The number of nitrogens with zero attached hydrogens (tertiary/aromatic N) is 3. The van der Waals surface area contributed by atoms with Gasteiger partial charge in [-0.3, -0.25) is 14.5 Å². The molecule has 1 atom stereocenters. The summed E-state index contributed by atoms with van der Waals surface area (Å²) in [6.45, 7) is 7.67. The normalized spacial score (nSPS) is 18.5. The van der Waals surface area contributed by atoms with Crippen molar-refractivity contribution >= 4 is 34.6 Å². The van der Waals surface area contributed by atoms with Gasteiger partial charge in [-0.25, -0.2) is 19.0 Å². The number of rotatable bonds is 3. The molecule has 13 heteroatoms. The molecule has 0 fully saturated rings. The van der Waals surface area contributed by atoms with Gasteiger partial charge < -0.3 is 29.2 Å². The Morgan fingerprint density at radius 2 is 1.95 bits per heavy atom. The number of pyridine rings is 2. The highest BCUT2D eigenvalue weighted by Crippen LogP contribution is 2.47. The number of cyclic esters (lactones) is 1. The van der Waals surface area contributed by atoms with Gasteiger partial charge in [-0.1, -0.05) is 6.92 Å². The van der Waals surface area contributed by atoms with E-state index < -0.39 is 47.1 Å². The molecular weight excluding hydrogens is 551 g/mol. The third-order valence-electron chi connectivity index (χ3n) is 7.83. The second kappa shape index (κ2) is 9.24. The first-order valence-electron chi connectivity index (χ1n) is 13.5. The van der Waals surface area contributed by atoms with E-state index in [4.69, 9.17) is 19.2 Å². The van der Waals surface area contributed by atoms with E-state index in [-0.39, 0.29) is 54.4 Å². The molecule has 0 spiro atoms. The van der Waals surface area contributed by atoms with Gasteiger partial charge in [0.15, 0.2) is 23.9 Å². The molecule has 0 saturated heterocycles. The van der Waals surface area contributed by atoms with Crippen molar-refractivity contribution in [1.82, 2.24) is 14.9 Å². The zero-order chi connectivity index (χ0) is 30.3. The Hall–Kier alpha value is -4.52. The summed E-state index contributed by atoms with van der Waals surface area (Å²) in [6, 6.07) is 2.78. The minimum atomic E-state index is -1.98. The number of benzene rings is 1. The van der Waals surface area contributed by atoms with Gasteiger partial charge in [-0.05, 0) is 45.7 Å². The van der Waals surface area contributed by atoms with Crippen LogP contribution in [-0.2, 0) is 37.8 Å². The van der Waals surface area contributed by atoms with Gasteiger partial charge in [0.05, 0.1) is 29.0 Å². The lowest BCUT2D eigenvalue weighted by molar-refractivity contribution is -0.172. The first-order chi connectivity index (χ1) is 19.7. The van der Waals surface area contributed by atoms with Crippen LogP contribution >= 0.6 is 0 Å². The number of halogens is 1. The van der Waals surface area contributed by atoms with E-state index in [1.54, 1.807) is 40.7 Å². The number of anilines is 1. The number of hydrogen-bond donors (Lipinski definition) is 2. The average Bonchev–Trinajstić information content (AvgIpc) is 3.52. The van der Waals surface area contributed by atoms with Gasteiger partial charge >= 0.3 is 12.1 Å². The number of fused-ring (bicyclic) bond motifs is 7. The third-order valence-corrected chi connectivity index (χ3v) is 7.83. The fourth-order valence-electron chi connectivity index (χ4n) is 5.74. The second-order valence-corrected chi connectivity index (χ2v) is 11.5. The first kappa shape index (κ1) is 27.6. The molecule has 3 aliphatic rings. The number of aryl methyl sites for hydroxylation is 1. The number of carbonyl (C=O) groups excluding carboxylic acids is 3. The third kappa shape index (κ3) is 4.02. The van der Waals surface area contributed by atoms with Crippen molar-refractivity contribution in [3.8, 4) is 17.1 Å². The van der Waals surface area contributed by atoms with Gasteiger partial charge in [-0.15, -0.1) is 0 Å². The molecule has 0 aliphatic carbocycles. The summed E-state index contributed by atoms with van der Waals surface area (Å²) >= 11 is 0. The number of carbonyl (C=O) groups is 3. The molecule has 3 aliphatic heterocycles. The first-order valence-corrected chi connectivity index (χ1v) is 13.5. The minimum Gasteiger partial charge on any atom is -0.467 e. The van der Waals surface area contributed by atoms with Crippen LogP contribution in [0, 0.1) is 12.7 Å². The molecular formula is C29H29FN4O8. The van der Waals surface area contributed by atoms with E-state index in [2.05, 4.69) is 5.32 Å². The van der Waals surface area contributed by atoms with Crippen LogP contribution in [0.3, 0.4) is 0 Å². The maximum atomic E-state index is 15.3. The van der Waals surface area contributed by atoms with Crippen LogP contribution in [0.15, 0.2) is 16.9 Å². The number of aromatic nitrogens is 2. The number of aliphatic hydroxyl groups is 1. The van der Waals surface area contributed by atoms with Crippen molar-refractivity contribution in [3.63, 3.8) is 0 Å². The predicted octanol–water partition coefficient (Wildman–Crippen LogP) is 2.73. The van der Waals surface area contributed by atoms with Gasteiger partial charge in [0.25, 0.3) is 5.56 Å². The molecule has 6 rings (SSSR count). The number of ether oxygens (including phenoxy) is 3. The monoisotopic (exact) mass is 580 g/mol. The highest BCUT2D eigenvalue weighted by atomic mass is 19.1. The van der Waals surface area contributed by atoms with Crippen molar-refractivity contribution < 1.29 is 38.1 Å². The number of amides is 2. The quantitative estimate of drug-likeness (QED) is 0.349. The molecule has 2 amide bonds. The SMILES string of the molecule is CC[C@@]1(O)C(=O)OCc2c1cc1n(c2=O)Cc2c-1nc1cc(F)c3c(c1c2C)N(C(=O)CNC(=O)OC(C)(C)C)CO3. The number of nitrogens with one attached hydrogen (secondary N) is 1. The van der Waals surface area contributed by atoms with Crippen LogP contribution in [0.1, 0.15) is 56.4 Å². The Labute approximate surface area is 239 Å². The maximum absolute atomic E-state index is 15.3. The minimum absolute atomic E-state index is 0.00273. The summed E-state index contributed by atoms with van der Waals surface area (Å²) in [7, 11) is 0. The fraction of sp³-hybridized carbons (Fsp3) is 0.414. The summed E-state index contributed by atoms with van der Waals surface area (Å²) in [5.41, 5.74) is -0.307. The Kier molecular flexibility index (Phi) is 6.08. The lowest BCUT2D eigenvalue weighted by Gasteiger charge is -2.31. The Bertz CT molecular complexity index is 1790. The molecule has 0 bridgehead atoms. The van der Waals surface area contributed by atoms with Crippen LogP contribution in [0.2, 0.25) is 0 Å². The summed E-state index contributed by atoms with van der Waals surface area (Å²) in [5, 5.41) is 14.0. The largest absolute Gasteiger partial charge is 0.467 e. The zero-order valence-electron chi connectivity index (χ0n) is 23.7. The van der Waals surface area contributed by atoms with E-state index in [0.29, 0.717) is 27.9 Å². The molecule has 1 aromatic carbocycles. The van der Waals surface area contributed by atoms with E-state index in [9.17, 15) is 24.3 Å². The van der Waals surface area contributed by atoms with E-state index >= 15 is 4.39 Å². The van der Waals surface area contributed by atoms with Crippen molar-refractivity contribution in [2.24, 2.45) is 0 Å². The molecule has 0 unspecified atom stereocenters. The summed E-state index contributed by atoms with van der Waals surface area (Å²) < 4.78 is 32.6. The molecule has 2 aromatic heterocycles. The lowest BCUT2D eigenvalue weighted by Crippen LogP contribution is -2.44. The van der Waals surface area contributed by atoms with Crippen molar-refractivity contribution in [1.29, 1.82) is 0 Å². The van der Waals surface area contributed by atoms with Crippen LogP contribution in [-0.4, -0.2) is 51.5 Å². The summed E-state index contributed by atoms with van der Waals surface area (Å²) in [5.74, 6) is -2.23. The number of esters is 1. The van der Waals surface area contributed by atoms with Gasteiger partial charge in [0.2, 0.25) is 5.91 Å². The number of alkyl carbamates (subject to hydrolysis) is 1. The van der Waals surface area contributed by atoms with Crippen molar-refractivity contribution in [2.75, 3.05) is 18.2 Å². The molecule has 42 heavy (non-hydrogen) atoms. The molecule has 2 N–H and O–H groups in total. The highest BCUT2D eigenvalue weighted by molar-refractivity contribution is 6.09. The molecule has 12 nitrogen and oxygen atoms in total. The van der Waals surface area contributed by atoms with E-state index in [1.165, 1.54) is 15.5 Å². The average molecular weight is 581 g/mol. The number of hydrogen-bond acceptors (Lipinski definition) is 9. The topological polar surface area (TPSA) is 149 Å². The van der Waals surface area contributed by atoms with Gasteiger partial charge in [-0.2, -0.15) is 0 Å². The van der Waals surface area contributed by atoms with Gasteiger partial charge in [0.1, 0.15) is 24.4 Å². The van der Waals surface area contributed by atoms with Gasteiger partial charge in [0, 0.05) is 22.6 Å². The van der Waals surface area contributed by atoms with Crippen LogP contribution < -0.4 is 20.5 Å². The molecule has 0 saturated carbocycles. The smallest absolute Gasteiger partial charge is 0.408 e. The zero-order valence-corrected chi connectivity index (χ0v) is 23.7. The standard InChI is InChI=1S/C29H29FN4O8/c1-6-29(39)16-7-19-22-14(10-33(19)25(36)15(16)11-40-26(29)37)13(2)21-18(32-22)8-17(30)24-23(21)34(12-41-24)20(35)9-31-27(38)42-28(3,4)5/h7-8,39H,6,9-12H2,1-5H3,(H,31,38)/t29-/m0/s1. The van der Waals surface area contributed by atoms with Crippen LogP contribution in [0.25, 0.3) is 22.3 Å². The Morgan fingerprint density at radius 1 is 1.21 bits per heavy atom. The van der Waals surface area contributed by atoms with Crippen LogP contribution in [0.5, 0.6) is 5.75 Å². The Balaban J connectivity index is 1.44. The van der Waals surface area contributed by atoms with Crippen molar-refractivity contribution in [3.05, 3.63) is 50.6 Å². The predicted molar refractivity (Wildman–Crippen MR) is 146 cm³/mol. The molecule has 5 heterocycles. The summed E-state index contributed by atoms with van der Waals surface area (Å²) in [6.07, 6.45) is -0.771. The Morgan fingerprint density at radius 3 is 2.64 bits per heavy atom.